The molecular weight excluding hydrogens is 260 g/mol. The van der Waals surface area contributed by atoms with Crippen molar-refractivity contribution >= 4 is 11.9 Å². The second-order valence-corrected chi connectivity index (χ2v) is 4.98. The Bertz CT molecular complexity index is 284. The number of carbonyl (C=O) groups is 2. The highest BCUT2D eigenvalue weighted by Gasteiger charge is 2.01. The molecule has 0 unspecified atom stereocenters. The third-order valence-corrected chi connectivity index (χ3v) is 2.34. The molecule has 6 nitrogen and oxygen atoms in total. The summed E-state index contributed by atoms with van der Waals surface area (Å²) in [6, 6.07) is 0. The first-order chi connectivity index (χ1) is 9.41. The fourth-order valence-electron chi connectivity index (χ4n) is 1.34. The lowest BCUT2D eigenvalue weighted by Crippen LogP contribution is -2.16. The highest BCUT2D eigenvalue weighted by Crippen LogP contribution is 1.91. The fourth-order valence-corrected chi connectivity index (χ4v) is 1.34. The second kappa shape index (κ2) is 11.4. The Morgan fingerprint density at radius 2 is 1.15 bits per heavy atom. The first-order valence-corrected chi connectivity index (χ1v) is 6.73. The van der Waals surface area contributed by atoms with E-state index in [1.165, 1.54) is 0 Å². The SMILES string of the molecule is CN(C)CCCOC(=O)/C=C/C(=O)OCCCN(C)C. The summed E-state index contributed by atoms with van der Waals surface area (Å²) in [6.07, 6.45) is 3.73. The van der Waals surface area contributed by atoms with Crippen molar-refractivity contribution < 1.29 is 19.1 Å². The van der Waals surface area contributed by atoms with Gasteiger partial charge in [0.1, 0.15) is 0 Å². The van der Waals surface area contributed by atoms with Gasteiger partial charge in [0.05, 0.1) is 13.2 Å². The smallest absolute Gasteiger partial charge is 0.331 e. The average molecular weight is 286 g/mol. The number of hydrogen-bond acceptors (Lipinski definition) is 6. The number of nitrogens with zero attached hydrogens (tertiary/aromatic N) is 2. The number of hydrogen-bond donors (Lipinski definition) is 0. The van der Waals surface area contributed by atoms with Crippen LogP contribution in [-0.4, -0.2) is 76.2 Å². The molecule has 0 saturated carbocycles. The summed E-state index contributed by atoms with van der Waals surface area (Å²) in [6.45, 7) is 2.40. The van der Waals surface area contributed by atoms with Crippen molar-refractivity contribution in [1.82, 2.24) is 9.80 Å². The van der Waals surface area contributed by atoms with Crippen LogP contribution in [0.15, 0.2) is 12.2 Å². The normalized spacial score (nSPS) is 11.3. The van der Waals surface area contributed by atoms with Gasteiger partial charge in [-0.1, -0.05) is 0 Å². The third kappa shape index (κ3) is 13.0. The van der Waals surface area contributed by atoms with Crippen LogP contribution < -0.4 is 0 Å². The third-order valence-electron chi connectivity index (χ3n) is 2.34. The van der Waals surface area contributed by atoms with Crippen molar-refractivity contribution in [3.05, 3.63) is 12.2 Å². The van der Waals surface area contributed by atoms with Crippen molar-refractivity contribution in [2.24, 2.45) is 0 Å². The van der Waals surface area contributed by atoms with Crippen LogP contribution in [-0.2, 0) is 19.1 Å². The molecule has 0 atom stereocenters. The summed E-state index contributed by atoms with van der Waals surface area (Å²) in [5.74, 6) is -1.04. The molecule has 0 amide bonds. The predicted molar refractivity (Wildman–Crippen MR) is 77.4 cm³/mol. The van der Waals surface area contributed by atoms with Gasteiger partial charge in [-0.15, -0.1) is 0 Å². The Labute approximate surface area is 121 Å². The van der Waals surface area contributed by atoms with E-state index in [1.54, 1.807) is 0 Å². The quantitative estimate of drug-likeness (QED) is 0.332. The molecule has 0 aromatic heterocycles. The van der Waals surface area contributed by atoms with Crippen molar-refractivity contribution in [2.45, 2.75) is 12.8 Å². The number of esters is 2. The van der Waals surface area contributed by atoms with Gasteiger partial charge in [-0.2, -0.15) is 0 Å². The van der Waals surface area contributed by atoms with Gasteiger partial charge in [0.25, 0.3) is 0 Å². The zero-order chi connectivity index (χ0) is 15.4. The predicted octanol–water partition coefficient (Wildman–Crippen LogP) is 0.532. The average Bonchev–Trinajstić information content (AvgIpc) is 2.37. The first kappa shape index (κ1) is 18.6. The maximum Gasteiger partial charge on any atom is 0.331 e. The zero-order valence-electron chi connectivity index (χ0n) is 12.9. The van der Waals surface area contributed by atoms with Crippen molar-refractivity contribution in [2.75, 3.05) is 54.5 Å². The maximum absolute atomic E-state index is 11.3. The van der Waals surface area contributed by atoms with Crippen molar-refractivity contribution in [3.8, 4) is 0 Å². The topological polar surface area (TPSA) is 59.1 Å². The minimum Gasteiger partial charge on any atom is -0.462 e. The van der Waals surface area contributed by atoms with Crippen LogP contribution in [0.1, 0.15) is 12.8 Å². The molecule has 0 bridgehead atoms. The van der Waals surface area contributed by atoms with E-state index >= 15 is 0 Å². The number of carbonyl (C=O) groups excluding carboxylic acids is 2. The Hall–Kier alpha value is -1.40. The van der Waals surface area contributed by atoms with E-state index in [2.05, 4.69) is 0 Å². The standard InChI is InChI=1S/C14H26N2O4/c1-15(2)9-5-11-19-13(17)7-8-14(18)20-12-6-10-16(3)4/h7-8H,5-6,9-12H2,1-4H3/b8-7+. The monoisotopic (exact) mass is 286 g/mol. The van der Waals surface area contributed by atoms with E-state index < -0.39 is 11.9 Å². The van der Waals surface area contributed by atoms with Crippen LogP contribution in [0.4, 0.5) is 0 Å². The van der Waals surface area contributed by atoms with Gasteiger partial charge in [-0.25, -0.2) is 9.59 Å². The largest absolute Gasteiger partial charge is 0.462 e. The summed E-state index contributed by atoms with van der Waals surface area (Å²) in [5.41, 5.74) is 0. The Balaban J connectivity index is 3.64. The molecule has 116 valence electrons. The molecule has 6 heteroatoms. The minimum absolute atomic E-state index is 0.346. The number of ether oxygens (including phenoxy) is 2. The molecule has 0 rings (SSSR count). The lowest BCUT2D eigenvalue weighted by atomic mass is 10.4. The van der Waals surface area contributed by atoms with E-state index in [1.807, 2.05) is 38.0 Å². The Morgan fingerprint density at radius 1 is 0.800 bits per heavy atom. The van der Waals surface area contributed by atoms with Crippen LogP contribution in [0.3, 0.4) is 0 Å². The maximum atomic E-state index is 11.3. The number of rotatable bonds is 10. The van der Waals surface area contributed by atoms with E-state index in [0.29, 0.717) is 13.2 Å². The molecular formula is C14H26N2O4. The van der Waals surface area contributed by atoms with E-state index in [-0.39, 0.29) is 0 Å². The minimum atomic E-state index is -0.519. The lowest BCUT2D eigenvalue weighted by Gasteiger charge is -2.08. The molecule has 0 N–H and O–H groups in total. The fraction of sp³-hybridized carbons (Fsp3) is 0.714. The molecule has 20 heavy (non-hydrogen) atoms. The highest BCUT2D eigenvalue weighted by molar-refractivity contribution is 5.91. The van der Waals surface area contributed by atoms with Gasteiger partial charge < -0.3 is 19.3 Å². The summed E-state index contributed by atoms with van der Waals surface area (Å²) in [5, 5.41) is 0. The van der Waals surface area contributed by atoms with Crippen LogP contribution in [0.2, 0.25) is 0 Å². The van der Waals surface area contributed by atoms with Gasteiger partial charge in [0.15, 0.2) is 0 Å². The van der Waals surface area contributed by atoms with E-state index in [0.717, 1.165) is 38.1 Å². The van der Waals surface area contributed by atoms with E-state index in [4.69, 9.17) is 9.47 Å². The van der Waals surface area contributed by atoms with Crippen LogP contribution in [0.25, 0.3) is 0 Å². The second-order valence-electron chi connectivity index (χ2n) is 4.98. The van der Waals surface area contributed by atoms with Crippen LogP contribution >= 0.6 is 0 Å². The molecule has 0 saturated heterocycles. The Morgan fingerprint density at radius 3 is 1.45 bits per heavy atom. The van der Waals surface area contributed by atoms with Crippen molar-refractivity contribution in [1.29, 1.82) is 0 Å². The molecule has 0 aliphatic rings. The highest BCUT2D eigenvalue weighted by atomic mass is 16.5. The van der Waals surface area contributed by atoms with E-state index in [9.17, 15) is 9.59 Å². The van der Waals surface area contributed by atoms with Crippen molar-refractivity contribution in [3.63, 3.8) is 0 Å². The molecule has 0 spiro atoms. The summed E-state index contributed by atoms with van der Waals surface area (Å²) >= 11 is 0. The molecule has 0 heterocycles. The molecule has 0 aromatic rings. The molecule has 0 fully saturated rings. The zero-order valence-corrected chi connectivity index (χ0v) is 12.9. The van der Waals surface area contributed by atoms with Gasteiger partial charge >= 0.3 is 11.9 Å². The Kier molecular flexibility index (Phi) is 10.6. The molecule has 0 aliphatic heterocycles. The van der Waals surface area contributed by atoms with Crippen LogP contribution in [0.5, 0.6) is 0 Å². The summed E-state index contributed by atoms with van der Waals surface area (Å²) < 4.78 is 9.87. The molecule has 0 aliphatic carbocycles. The van der Waals surface area contributed by atoms with Gasteiger partial charge in [-0.3, -0.25) is 0 Å². The summed E-state index contributed by atoms with van der Waals surface area (Å²) in [4.78, 5) is 26.6. The van der Waals surface area contributed by atoms with Gasteiger partial charge in [0.2, 0.25) is 0 Å². The van der Waals surface area contributed by atoms with Gasteiger partial charge in [0, 0.05) is 25.2 Å². The van der Waals surface area contributed by atoms with Gasteiger partial charge in [-0.05, 0) is 41.0 Å². The summed E-state index contributed by atoms with van der Waals surface area (Å²) in [7, 11) is 7.81. The first-order valence-electron chi connectivity index (χ1n) is 6.73. The molecule has 0 aromatic carbocycles. The lowest BCUT2D eigenvalue weighted by molar-refractivity contribution is -0.140. The molecule has 0 radical (unpaired) electrons. The van der Waals surface area contributed by atoms with Crippen LogP contribution in [0, 0.1) is 0 Å².